The zero-order valence-corrected chi connectivity index (χ0v) is 12.6. The number of hydrogen-bond acceptors (Lipinski definition) is 2. The lowest BCUT2D eigenvalue weighted by atomic mass is 9.91. The monoisotopic (exact) mass is 325 g/mol. The number of halogens is 1. The largest absolute Gasteiger partial charge is 0.508 e. The van der Waals surface area contributed by atoms with Gasteiger partial charge in [0.25, 0.3) is 0 Å². The van der Waals surface area contributed by atoms with Crippen molar-refractivity contribution in [2.24, 2.45) is 0 Å². The van der Waals surface area contributed by atoms with Crippen LogP contribution < -0.4 is 0 Å². The molecule has 0 saturated heterocycles. The second-order valence-corrected chi connectivity index (χ2v) is 5.81. The van der Waals surface area contributed by atoms with Crippen molar-refractivity contribution in [3.63, 3.8) is 0 Å². The molecule has 1 N–H and O–H groups in total. The van der Waals surface area contributed by atoms with Crippen LogP contribution in [0.4, 0.5) is 0 Å². The molecule has 1 aromatic carbocycles. The Balaban J connectivity index is 2.00. The lowest BCUT2D eigenvalue weighted by Gasteiger charge is -2.37. The predicted molar refractivity (Wildman–Crippen MR) is 79.6 cm³/mol. The van der Waals surface area contributed by atoms with Gasteiger partial charge < -0.3 is 10.0 Å². The molecular formula is C15H20BrNO2. The molecule has 0 radical (unpaired) electrons. The Morgan fingerprint density at radius 2 is 2.11 bits per heavy atom. The topological polar surface area (TPSA) is 40.5 Å². The summed E-state index contributed by atoms with van der Waals surface area (Å²) in [5.41, 5.74) is 0.718. The molecule has 2 rings (SSSR count). The average Bonchev–Trinajstić information content (AvgIpc) is 2.34. The van der Waals surface area contributed by atoms with Crippen LogP contribution in [-0.2, 0) is 11.2 Å². The van der Waals surface area contributed by atoms with Gasteiger partial charge in [-0.25, -0.2) is 0 Å². The standard InChI is InChI=1S/C15H20BrNO2/c16-9-4-10-17(13-6-3-7-13)15(19)11-12-5-1-2-8-14(12)18/h1-2,5,8,13,18H,3-4,6-7,9-11H2. The van der Waals surface area contributed by atoms with E-state index in [2.05, 4.69) is 15.9 Å². The van der Waals surface area contributed by atoms with Gasteiger partial charge >= 0.3 is 0 Å². The molecule has 0 aromatic heterocycles. The van der Waals surface area contributed by atoms with Crippen LogP contribution in [0.2, 0.25) is 0 Å². The molecule has 3 nitrogen and oxygen atoms in total. The number of alkyl halides is 1. The molecule has 0 unspecified atom stereocenters. The first kappa shape index (κ1) is 14.4. The van der Waals surface area contributed by atoms with E-state index in [-0.39, 0.29) is 11.7 Å². The van der Waals surface area contributed by atoms with Gasteiger partial charge in [0.05, 0.1) is 6.42 Å². The molecule has 19 heavy (non-hydrogen) atoms. The van der Waals surface area contributed by atoms with Crippen LogP contribution in [0.1, 0.15) is 31.2 Å². The fourth-order valence-corrected chi connectivity index (χ4v) is 2.61. The van der Waals surface area contributed by atoms with Gasteiger partial charge in [0.15, 0.2) is 0 Å². The molecule has 0 spiro atoms. The number of carbonyl (C=O) groups is 1. The first-order chi connectivity index (χ1) is 9.22. The maximum atomic E-state index is 12.4. The van der Waals surface area contributed by atoms with Gasteiger partial charge in [0.2, 0.25) is 5.91 Å². The number of rotatable bonds is 6. The van der Waals surface area contributed by atoms with Gasteiger partial charge in [-0.05, 0) is 31.7 Å². The van der Waals surface area contributed by atoms with Crippen LogP contribution in [0.3, 0.4) is 0 Å². The number of aromatic hydroxyl groups is 1. The van der Waals surface area contributed by atoms with Crippen LogP contribution in [-0.4, -0.2) is 33.8 Å². The number of carbonyl (C=O) groups excluding carboxylic acids is 1. The molecule has 104 valence electrons. The van der Waals surface area contributed by atoms with E-state index in [0.29, 0.717) is 12.5 Å². The summed E-state index contributed by atoms with van der Waals surface area (Å²) in [6.45, 7) is 0.808. The number of phenolic OH excluding ortho intramolecular Hbond substituents is 1. The fourth-order valence-electron chi connectivity index (χ4n) is 2.36. The van der Waals surface area contributed by atoms with Crippen molar-refractivity contribution in [3.8, 4) is 5.75 Å². The second kappa shape index (κ2) is 6.94. The molecule has 1 aliphatic rings. The van der Waals surface area contributed by atoms with Crippen LogP contribution in [0.15, 0.2) is 24.3 Å². The van der Waals surface area contributed by atoms with Gasteiger partial charge in [0.1, 0.15) is 5.75 Å². The van der Waals surface area contributed by atoms with Crippen molar-refractivity contribution in [1.29, 1.82) is 0 Å². The Kier molecular flexibility index (Phi) is 5.25. The Morgan fingerprint density at radius 1 is 1.37 bits per heavy atom. The SMILES string of the molecule is O=C(Cc1ccccc1O)N(CCCBr)C1CCC1. The number of amides is 1. The Labute approximate surface area is 122 Å². The summed E-state index contributed by atoms with van der Waals surface area (Å²) in [5.74, 6) is 0.344. The van der Waals surface area contributed by atoms with Gasteiger partial charge in [0, 0.05) is 23.5 Å². The molecule has 1 saturated carbocycles. The molecule has 1 aromatic rings. The normalized spacial score (nSPS) is 15.0. The molecule has 1 fully saturated rings. The van der Waals surface area contributed by atoms with Crippen LogP contribution in [0.25, 0.3) is 0 Å². The van der Waals surface area contributed by atoms with Gasteiger partial charge in [-0.2, -0.15) is 0 Å². The number of para-hydroxylation sites is 1. The van der Waals surface area contributed by atoms with Gasteiger partial charge in [-0.3, -0.25) is 4.79 Å². The number of benzene rings is 1. The summed E-state index contributed by atoms with van der Waals surface area (Å²) < 4.78 is 0. The second-order valence-electron chi connectivity index (χ2n) is 5.02. The van der Waals surface area contributed by atoms with Crippen molar-refractivity contribution in [2.45, 2.75) is 38.1 Å². The van der Waals surface area contributed by atoms with Crippen molar-refractivity contribution < 1.29 is 9.90 Å². The summed E-state index contributed by atoms with van der Waals surface area (Å²) in [5, 5.41) is 10.7. The highest BCUT2D eigenvalue weighted by Crippen LogP contribution is 2.26. The molecule has 0 aliphatic heterocycles. The van der Waals surface area contributed by atoms with E-state index in [1.165, 1.54) is 6.42 Å². The van der Waals surface area contributed by atoms with Gasteiger partial charge in [-0.15, -0.1) is 0 Å². The lowest BCUT2D eigenvalue weighted by Crippen LogP contribution is -2.45. The number of hydrogen-bond donors (Lipinski definition) is 1. The van der Waals surface area contributed by atoms with Crippen LogP contribution >= 0.6 is 15.9 Å². The summed E-state index contributed by atoms with van der Waals surface area (Å²) in [6.07, 6.45) is 4.73. The Morgan fingerprint density at radius 3 is 2.68 bits per heavy atom. The third kappa shape index (κ3) is 3.72. The summed E-state index contributed by atoms with van der Waals surface area (Å²) in [6, 6.07) is 7.50. The number of nitrogens with zero attached hydrogens (tertiary/aromatic N) is 1. The minimum atomic E-state index is 0.132. The third-order valence-electron chi connectivity index (χ3n) is 3.70. The quantitative estimate of drug-likeness (QED) is 0.816. The van der Waals surface area contributed by atoms with E-state index in [4.69, 9.17) is 0 Å². The summed E-state index contributed by atoms with van der Waals surface area (Å²) in [7, 11) is 0. The molecular weight excluding hydrogens is 306 g/mol. The highest BCUT2D eigenvalue weighted by atomic mass is 79.9. The Hall–Kier alpha value is -1.03. The van der Waals surface area contributed by atoms with E-state index >= 15 is 0 Å². The fraction of sp³-hybridized carbons (Fsp3) is 0.533. The minimum Gasteiger partial charge on any atom is -0.508 e. The zero-order chi connectivity index (χ0) is 13.7. The summed E-state index contributed by atoms with van der Waals surface area (Å²) in [4.78, 5) is 14.4. The van der Waals surface area contributed by atoms with Crippen LogP contribution in [0, 0.1) is 0 Å². The van der Waals surface area contributed by atoms with Crippen molar-refractivity contribution in [1.82, 2.24) is 4.90 Å². The Bertz CT molecular complexity index is 432. The zero-order valence-electron chi connectivity index (χ0n) is 11.0. The first-order valence-corrected chi connectivity index (χ1v) is 7.97. The van der Waals surface area contributed by atoms with Crippen molar-refractivity contribution in [3.05, 3.63) is 29.8 Å². The molecule has 0 heterocycles. The maximum Gasteiger partial charge on any atom is 0.227 e. The van der Waals surface area contributed by atoms with E-state index in [1.54, 1.807) is 12.1 Å². The molecule has 1 aliphatic carbocycles. The molecule has 1 amide bonds. The lowest BCUT2D eigenvalue weighted by molar-refractivity contribution is -0.134. The maximum absolute atomic E-state index is 12.4. The molecule has 0 bridgehead atoms. The van der Waals surface area contributed by atoms with E-state index in [9.17, 15) is 9.90 Å². The van der Waals surface area contributed by atoms with E-state index in [0.717, 1.165) is 36.7 Å². The third-order valence-corrected chi connectivity index (χ3v) is 4.26. The van der Waals surface area contributed by atoms with Gasteiger partial charge in [-0.1, -0.05) is 34.1 Å². The molecule has 0 atom stereocenters. The number of phenols is 1. The molecule has 4 heteroatoms. The van der Waals surface area contributed by atoms with Crippen molar-refractivity contribution in [2.75, 3.05) is 11.9 Å². The van der Waals surface area contributed by atoms with Crippen molar-refractivity contribution >= 4 is 21.8 Å². The van der Waals surface area contributed by atoms with E-state index < -0.39 is 0 Å². The first-order valence-electron chi connectivity index (χ1n) is 6.84. The van der Waals surface area contributed by atoms with Crippen LogP contribution in [0.5, 0.6) is 5.75 Å². The predicted octanol–water partition coefficient (Wildman–Crippen LogP) is 3.10. The highest BCUT2D eigenvalue weighted by Gasteiger charge is 2.28. The highest BCUT2D eigenvalue weighted by molar-refractivity contribution is 9.09. The average molecular weight is 326 g/mol. The minimum absolute atomic E-state index is 0.132. The summed E-state index contributed by atoms with van der Waals surface area (Å²) >= 11 is 3.42. The smallest absolute Gasteiger partial charge is 0.227 e. The van der Waals surface area contributed by atoms with E-state index in [1.807, 2.05) is 17.0 Å².